The van der Waals surface area contributed by atoms with Crippen LogP contribution in [0.1, 0.15) is 45.4 Å². The number of rotatable bonds is 6. The molecule has 1 fully saturated rings. The van der Waals surface area contributed by atoms with Gasteiger partial charge in [0.1, 0.15) is 0 Å². The average Bonchev–Trinajstić information content (AvgIpc) is 2.72. The van der Waals surface area contributed by atoms with Crippen LogP contribution in [0.2, 0.25) is 0 Å². The summed E-state index contributed by atoms with van der Waals surface area (Å²) in [6.07, 6.45) is 3.38. The van der Waals surface area contributed by atoms with E-state index in [1.54, 1.807) is 0 Å². The van der Waals surface area contributed by atoms with E-state index in [1.807, 2.05) is 0 Å². The van der Waals surface area contributed by atoms with Crippen molar-refractivity contribution >= 4 is 11.9 Å². The predicted molar refractivity (Wildman–Crippen MR) is 68.7 cm³/mol. The Bertz CT molecular complexity index is 289. The summed E-state index contributed by atoms with van der Waals surface area (Å²) in [5.74, 6) is -1.15. The summed E-state index contributed by atoms with van der Waals surface area (Å²) in [6.45, 7) is 1.81. The summed E-state index contributed by atoms with van der Waals surface area (Å²) >= 11 is 0. The van der Waals surface area contributed by atoms with Crippen molar-refractivity contribution < 1.29 is 30.0 Å². The van der Waals surface area contributed by atoms with E-state index in [-0.39, 0.29) is 19.6 Å². The molecule has 0 aromatic rings. The molecule has 0 saturated heterocycles. The van der Waals surface area contributed by atoms with Crippen molar-refractivity contribution in [3.63, 3.8) is 0 Å². The zero-order valence-corrected chi connectivity index (χ0v) is 11.3. The smallest absolute Gasteiger partial charge is 0.309 e. The van der Waals surface area contributed by atoms with E-state index in [2.05, 4.69) is 6.92 Å². The minimum absolute atomic E-state index is 0.0728. The second-order valence-corrected chi connectivity index (χ2v) is 5.13. The van der Waals surface area contributed by atoms with Crippen LogP contribution in [0.3, 0.4) is 0 Å². The SMILES string of the molecule is CC1CCC(CCCC(=O)O)(C(=O)O)C1.OCCO. The fourth-order valence-corrected chi connectivity index (χ4v) is 2.50. The first kappa shape index (κ1) is 17.9. The van der Waals surface area contributed by atoms with Gasteiger partial charge in [-0.3, -0.25) is 9.59 Å². The number of carboxylic acid groups (broad SMARTS) is 2. The lowest BCUT2D eigenvalue weighted by atomic mass is 9.80. The number of carbonyl (C=O) groups is 2. The van der Waals surface area contributed by atoms with Crippen LogP contribution in [-0.2, 0) is 9.59 Å². The molecule has 1 aliphatic rings. The van der Waals surface area contributed by atoms with E-state index in [0.717, 1.165) is 6.42 Å². The Kier molecular flexibility index (Phi) is 8.34. The first-order valence-corrected chi connectivity index (χ1v) is 6.55. The van der Waals surface area contributed by atoms with Crippen LogP contribution in [0.4, 0.5) is 0 Å². The van der Waals surface area contributed by atoms with Crippen molar-refractivity contribution in [1.82, 2.24) is 0 Å². The Hall–Kier alpha value is -1.14. The molecule has 0 aromatic heterocycles. The Balaban J connectivity index is 0.000000711. The predicted octanol–water partition coefficient (Wildman–Crippen LogP) is 1.10. The second kappa shape index (κ2) is 8.87. The van der Waals surface area contributed by atoms with Crippen molar-refractivity contribution in [2.75, 3.05) is 13.2 Å². The number of hydrogen-bond acceptors (Lipinski definition) is 4. The lowest BCUT2D eigenvalue weighted by Crippen LogP contribution is -2.28. The molecule has 0 spiro atoms. The van der Waals surface area contributed by atoms with Gasteiger partial charge in [-0.05, 0) is 38.0 Å². The van der Waals surface area contributed by atoms with Crippen molar-refractivity contribution in [3.05, 3.63) is 0 Å². The first-order chi connectivity index (χ1) is 8.88. The molecular formula is C13H24O6. The number of aliphatic hydroxyl groups is 2. The second-order valence-electron chi connectivity index (χ2n) is 5.13. The van der Waals surface area contributed by atoms with Crippen LogP contribution in [-0.4, -0.2) is 45.6 Å². The maximum absolute atomic E-state index is 11.2. The van der Waals surface area contributed by atoms with Crippen molar-refractivity contribution in [1.29, 1.82) is 0 Å². The van der Waals surface area contributed by atoms with Gasteiger partial charge in [-0.2, -0.15) is 0 Å². The van der Waals surface area contributed by atoms with Gasteiger partial charge >= 0.3 is 11.9 Å². The number of carboxylic acids is 2. The Morgan fingerprint density at radius 1 is 1.21 bits per heavy atom. The van der Waals surface area contributed by atoms with Crippen LogP contribution < -0.4 is 0 Å². The molecule has 0 heterocycles. The third kappa shape index (κ3) is 6.54. The lowest BCUT2D eigenvalue weighted by molar-refractivity contribution is -0.150. The van der Waals surface area contributed by atoms with Crippen LogP contribution in [0, 0.1) is 11.3 Å². The summed E-state index contributed by atoms with van der Waals surface area (Å²) < 4.78 is 0. The van der Waals surface area contributed by atoms with E-state index >= 15 is 0 Å². The van der Waals surface area contributed by atoms with Gasteiger partial charge in [0.15, 0.2) is 0 Å². The number of aliphatic carboxylic acids is 2. The minimum atomic E-state index is -0.846. The van der Waals surface area contributed by atoms with E-state index in [0.29, 0.717) is 31.6 Å². The first-order valence-electron chi connectivity index (χ1n) is 6.55. The Labute approximate surface area is 113 Å². The fraction of sp³-hybridized carbons (Fsp3) is 0.846. The average molecular weight is 276 g/mol. The minimum Gasteiger partial charge on any atom is -0.481 e. The molecule has 1 aliphatic carbocycles. The molecule has 0 amide bonds. The third-order valence-corrected chi connectivity index (χ3v) is 3.45. The van der Waals surface area contributed by atoms with Gasteiger partial charge in [-0.25, -0.2) is 0 Å². The zero-order valence-electron chi connectivity index (χ0n) is 11.3. The highest BCUT2D eigenvalue weighted by molar-refractivity contribution is 5.75. The summed E-state index contributed by atoms with van der Waals surface area (Å²) in [5.41, 5.74) is -0.644. The molecule has 0 aromatic carbocycles. The monoisotopic (exact) mass is 276 g/mol. The van der Waals surface area contributed by atoms with Gasteiger partial charge in [0.2, 0.25) is 0 Å². The molecular weight excluding hydrogens is 252 g/mol. The number of hydrogen-bond donors (Lipinski definition) is 4. The van der Waals surface area contributed by atoms with Crippen molar-refractivity contribution in [2.24, 2.45) is 11.3 Å². The maximum Gasteiger partial charge on any atom is 0.309 e. The molecule has 0 aliphatic heterocycles. The molecule has 0 bridgehead atoms. The third-order valence-electron chi connectivity index (χ3n) is 3.45. The standard InChI is InChI=1S/C11H18O4.C2H6O2/c1-8-4-6-11(7-8,10(14)15)5-2-3-9(12)13;3-1-2-4/h8H,2-7H2,1H3,(H,12,13)(H,14,15);3-4H,1-2H2. The van der Waals surface area contributed by atoms with E-state index < -0.39 is 17.4 Å². The quantitative estimate of drug-likeness (QED) is 0.577. The van der Waals surface area contributed by atoms with Gasteiger partial charge in [0.05, 0.1) is 18.6 Å². The lowest BCUT2D eigenvalue weighted by Gasteiger charge is -2.23. The van der Waals surface area contributed by atoms with Gasteiger partial charge in [0.25, 0.3) is 0 Å². The molecule has 19 heavy (non-hydrogen) atoms. The highest BCUT2D eigenvalue weighted by atomic mass is 16.4. The molecule has 1 saturated carbocycles. The van der Waals surface area contributed by atoms with Gasteiger partial charge < -0.3 is 20.4 Å². The molecule has 2 atom stereocenters. The van der Waals surface area contributed by atoms with Gasteiger partial charge in [-0.15, -0.1) is 0 Å². The molecule has 4 N–H and O–H groups in total. The zero-order chi connectivity index (χ0) is 14.9. The van der Waals surface area contributed by atoms with Crippen LogP contribution >= 0.6 is 0 Å². The highest BCUT2D eigenvalue weighted by Gasteiger charge is 2.43. The van der Waals surface area contributed by atoms with Crippen LogP contribution in [0.5, 0.6) is 0 Å². The molecule has 2 unspecified atom stereocenters. The molecule has 0 radical (unpaired) electrons. The normalized spacial score (nSPS) is 25.5. The molecule has 6 heteroatoms. The van der Waals surface area contributed by atoms with E-state index in [1.165, 1.54) is 0 Å². The number of aliphatic hydroxyl groups excluding tert-OH is 2. The summed E-state index contributed by atoms with van der Waals surface area (Å²) in [6, 6.07) is 0. The highest BCUT2D eigenvalue weighted by Crippen LogP contribution is 2.45. The summed E-state index contributed by atoms with van der Waals surface area (Å²) in [4.78, 5) is 21.6. The molecule has 112 valence electrons. The van der Waals surface area contributed by atoms with Gasteiger partial charge in [0, 0.05) is 6.42 Å². The van der Waals surface area contributed by atoms with E-state index in [4.69, 9.17) is 15.3 Å². The topological polar surface area (TPSA) is 115 Å². The van der Waals surface area contributed by atoms with Crippen molar-refractivity contribution in [2.45, 2.75) is 45.4 Å². The Morgan fingerprint density at radius 2 is 1.79 bits per heavy atom. The largest absolute Gasteiger partial charge is 0.481 e. The summed E-state index contributed by atoms with van der Waals surface area (Å²) in [5, 5.41) is 33.0. The summed E-state index contributed by atoms with van der Waals surface area (Å²) in [7, 11) is 0. The van der Waals surface area contributed by atoms with Crippen molar-refractivity contribution in [3.8, 4) is 0 Å². The maximum atomic E-state index is 11.2. The molecule has 6 nitrogen and oxygen atoms in total. The van der Waals surface area contributed by atoms with Crippen LogP contribution in [0.25, 0.3) is 0 Å². The fourth-order valence-electron chi connectivity index (χ4n) is 2.50. The Morgan fingerprint density at radius 3 is 2.11 bits per heavy atom. The van der Waals surface area contributed by atoms with E-state index in [9.17, 15) is 14.7 Å². The van der Waals surface area contributed by atoms with Crippen LogP contribution in [0.15, 0.2) is 0 Å². The molecule has 1 rings (SSSR count). The van der Waals surface area contributed by atoms with Gasteiger partial charge in [-0.1, -0.05) is 6.92 Å².